The third-order valence-corrected chi connectivity index (χ3v) is 5.21. The maximum Gasteiger partial charge on any atom is 0.261 e. The number of carbonyl (C=O) groups is 1. The second kappa shape index (κ2) is 8.09. The normalized spacial score (nSPS) is 17.4. The molecule has 1 amide bonds. The fourth-order valence-corrected chi connectivity index (χ4v) is 3.99. The van der Waals surface area contributed by atoms with Gasteiger partial charge in [-0.1, -0.05) is 24.3 Å². The number of H-pyrrole nitrogens is 1. The van der Waals surface area contributed by atoms with Crippen molar-refractivity contribution in [2.24, 2.45) is 0 Å². The molecule has 0 spiro atoms. The summed E-state index contributed by atoms with van der Waals surface area (Å²) in [7, 11) is 4.10. The molecule has 1 saturated heterocycles. The minimum atomic E-state index is -0.289. The van der Waals surface area contributed by atoms with Crippen LogP contribution in [0.15, 0.2) is 35.1 Å². The molecule has 3 rings (SSSR count). The number of carbonyl (C=O) groups excluding carboxylic acids is 1. The number of aromatic nitrogens is 1. The Morgan fingerprint density at radius 3 is 2.52 bits per heavy atom. The Kier molecular flexibility index (Phi) is 5.80. The molecule has 0 saturated carbocycles. The van der Waals surface area contributed by atoms with Crippen LogP contribution in [0.3, 0.4) is 0 Å². The number of amides is 1. The molecule has 2 heterocycles. The lowest BCUT2D eigenvalue weighted by atomic mass is 9.93. The van der Waals surface area contributed by atoms with Gasteiger partial charge in [-0.25, -0.2) is 0 Å². The van der Waals surface area contributed by atoms with Crippen LogP contribution in [-0.4, -0.2) is 41.3 Å². The summed E-state index contributed by atoms with van der Waals surface area (Å²) in [6.07, 6.45) is 3.00. The molecule has 0 radical (unpaired) electrons. The quantitative estimate of drug-likeness (QED) is 0.901. The van der Waals surface area contributed by atoms with Gasteiger partial charge in [0.25, 0.3) is 11.5 Å². The van der Waals surface area contributed by atoms with Crippen LogP contribution in [0, 0.1) is 13.8 Å². The first-order chi connectivity index (χ1) is 12.9. The van der Waals surface area contributed by atoms with Crippen LogP contribution >= 0.6 is 0 Å². The molecule has 1 aliphatic heterocycles. The predicted molar refractivity (Wildman–Crippen MR) is 108 cm³/mol. The summed E-state index contributed by atoms with van der Waals surface area (Å²) in [5.41, 5.74) is 3.91. The number of nitrogens with one attached hydrogen (secondary N) is 1. The van der Waals surface area contributed by atoms with E-state index >= 15 is 0 Å². The largest absolute Gasteiger partial charge is 0.331 e. The molecule has 2 aromatic rings. The minimum absolute atomic E-state index is 0.0276. The zero-order chi connectivity index (χ0) is 19.6. The molecular formula is C22H29N3O2. The van der Waals surface area contributed by atoms with E-state index in [4.69, 9.17) is 0 Å². The molecule has 1 N–H and O–H groups in total. The van der Waals surface area contributed by atoms with E-state index in [2.05, 4.69) is 48.2 Å². The predicted octanol–water partition coefficient (Wildman–Crippen LogP) is 3.42. The van der Waals surface area contributed by atoms with Crippen LogP contribution < -0.4 is 5.56 Å². The molecule has 144 valence electrons. The Morgan fingerprint density at radius 1 is 1.19 bits per heavy atom. The van der Waals surface area contributed by atoms with Crippen molar-refractivity contribution in [3.63, 3.8) is 0 Å². The number of aromatic amines is 1. The number of hydrogen-bond donors (Lipinski definition) is 1. The van der Waals surface area contributed by atoms with E-state index in [1.54, 1.807) is 0 Å². The topological polar surface area (TPSA) is 56.4 Å². The van der Waals surface area contributed by atoms with Gasteiger partial charge in [0, 0.05) is 18.8 Å². The van der Waals surface area contributed by atoms with Gasteiger partial charge >= 0.3 is 0 Å². The Labute approximate surface area is 161 Å². The van der Waals surface area contributed by atoms with Gasteiger partial charge in [0.1, 0.15) is 5.56 Å². The van der Waals surface area contributed by atoms with E-state index in [1.807, 2.05) is 24.8 Å². The van der Waals surface area contributed by atoms with Crippen LogP contribution in [0.1, 0.15) is 58.0 Å². The molecule has 1 atom stereocenters. The first-order valence-corrected chi connectivity index (χ1v) is 9.62. The molecule has 0 aliphatic carbocycles. The lowest BCUT2D eigenvalue weighted by Crippen LogP contribution is -2.41. The van der Waals surface area contributed by atoms with E-state index in [1.165, 1.54) is 5.56 Å². The number of likely N-dealkylation sites (tertiary alicyclic amines) is 1. The molecular weight excluding hydrogens is 338 g/mol. The third-order valence-electron chi connectivity index (χ3n) is 5.21. The Morgan fingerprint density at radius 2 is 1.89 bits per heavy atom. The highest BCUT2D eigenvalue weighted by atomic mass is 16.2. The van der Waals surface area contributed by atoms with Gasteiger partial charge in [0.15, 0.2) is 0 Å². The summed E-state index contributed by atoms with van der Waals surface area (Å²) in [6, 6.07) is 10.4. The molecule has 27 heavy (non-hydrogen) atoms. The maximum atomic E-state index is 13.2. The first-order valence-electron chi connectivity index (χ1n) is 9.62. The number of piperidine rings is 1. The van der Waals surface area contributed by atoms with E-state index in [9.17, 15) is 9.59 Å². The first kappa shape index (κ1) is 19.4. The average Bonchev–Trinajstić information content (AvgIpc) is 2.61. The van der Waals surface area contributed by atoms with Crippen molar-refractivity contribution in [2.75, 3.05) is 20.6 Å². The zero-order valence-electron chi connectivity index (χ0n) is 16.7. The molecule has 1 aromatic carbocycles. The van der Waals surface area contributed by atoms with Crippen molar-refractivity contribution in [1.82, 2.24) is 14.8 Å². The van der Waals surface area contributed by atoms with Crippen molar-refractivity contribution in [3.05, 3.63) is 68.6 Å². The minimum Gasteiger partial charge on any atom is -0.331 e. The lowest BCUT2D eigenvalue weighted by Gasteiger charge is -2.36. The van der Waals surface area contributed by atoms with Crippen molar-refractivity contribution in [3.8, 4) is 0 Å². The Bertz CT molecular complexity index is 868. The van der Waals surface area contributed by atoms with Crippen LogP contribution in [0.5, 0.6) is 0 Å². The number of benzene rings is 1. The molecule has 0 bridgehead atoms. The fraction of sp³-hybridized carbons (Fsp3) is 0.455. The van der Waals surface area contributed by atoms with Crippen molar-refractivity contribution in [2.45, 2.75) is 45.7 Å². The number of aryl methyl sites for hydroxylation is 2. The number of hydrogen-bond acceptors (Lipinski definition) is 3. The van der Waals surface area contributed by atoms with Crippen LogP contribution in [0.4, 0.5) is 0 Å². The number of rotatable bonds is 4. The van der Waals surface area contributed by atoms with Gasteiger partial charge in [-0.15, -0.1) is 0 Å². The van der Waals surface area contributed by atoms with E-state index in [0.29, 0.717) is 6.54 Å². The monoisotopic (exact) mass is 367 g/mol. The van der Waals surface area contributed by atoms with E-state index in [-0.39, 0.29) is 23.1 Å². The second-order valence-corrected chi connectivity index (χ2v) is 7.83. The highest BCUT2D eigenvalue weighted by molar-refractivity contribution is 5.95. The van der Waals surface area contributed by atoms with E-state index in [0.717, 1.165) is 42.6 Å². The number of pyridine rings is 1. The highest BCUT2D eigenvalue weighted by Gasteiger charge is 2.30. The van der Waals surface area contributed by atoms with Crippen molar-refractivity contribution >= 4 is 5.91 Å². The van der Waals surface area contributed by atoms with Crippen molar-refractivity contribution in [1.29, 1.82) is 0 Å². The SMILES string of the molecule is Cc1cc(C)c(C(=O)N2CCCC[C@H]2c2ccc(CN(C)C)cc2)c(=O)[nH]1. The zero-order valence-corrected chi connectivity index (χ0v) is 16.7. The molecule has 0 unspecified atom stereocenters. The Hall–Kier alpha value is -2.40. The summed E-state index contributed by atoms with van der Waals surface area (Å²) < 4.78 is 0. The van der Waals surface area contributed by atoms with E-state index < -0.39 is 0 Å². The Balaban J connectivity index is 1.90. The summed E-state index contributed by atoms with van der Waals surface area (Å²) in [5.74, 6) is -0.157. The average molecular weight is 367 g/mol. The maximum absolute atomic E-state index is 13.2. The molecule has 1 fully saturated rings. The van der Waals surface area contributed by atoms with Crippen molar-refractivity contribution < 1.29 is 4.79 Å². The van der Waals surface area contributed by atoms with Crippen LogP contribution in [0.2, 0.25) is 0 Å². The lowest BCUT2D eigenvalue weighted by molar-refractivity contribution is 0.0609. The summed E-state index contributed by atoms with van der Waals surface area (Å²) in [6.45, 7) is 5.26. The van der Waals surface area contributed by atoms with Gasteiger partial charge in [0.05, 0.1) is 6.04 Å². The fourth-order valence-electron chi connectivity index (χ4n) is 3.99. The standard InChI is InChI=1S/C22H29N3O2/c1-15-13-16(2)23-21(26)20(15)22(27)25-12-6-5-7-19(25)18-10-8-17(9-11-18)14-24(3)4/h8-11,13,19H,5-7,12,14H2,1-4H3,(H,23,26)/t19-/m0/s1. The van der Waals surface area contributed by atoms with Gasteiger partial charge in [-0.2, -0.15) is 0 Å². The smallest absolute Gasteiger partial charge is 0.261 e. The van der Waals surface area contributed by atoms with Gasteiger partial charge in [0.2, 0.25) is 0 Å². The highest BCUT2D eigenvalue weighted by Crippen LogP contribution is 2.32. The van der Waals surface area contributed by atoms with Gasteiger partial charge in [-0.05, 0) is 70.0 Å². The summed E-state index contributed by atoms with van der Waals surface area (Å²) in [5, 5.41) is 0. The number of nitrogens with zero attached hydrogens (tertiary/aromatic N) is 2. The van der Waals surface area contributed by atoms with Crippen LogP contribution in [0.25, 0.3) is 0 Å². The molecule has 1 aliphatic rings. The van der Waals surface area contributed by atoms with Gasteiger partial charge in [-0.3, -0.25) is 9.59 Å². The summed E-state index contributed by atoms with van der Waals surface area (Å²) in [4.78, 5) is 32.5. The van der Waals surface area contributed by atoms with Gasteiger partial charge < -0.3 is 14.8 Å². The summed E-state index contributed by atoms with van der Waals surface area (Å²) >= 11 is 0. The molecule has 5 heteroatoms. The van der Waals surface area contributed by atoms with Crippen LogP contribution in [-0.2, 0) is 6.54 Å². The molecule has 5 nitrogen and oxygen atoms in total. The second-order valence-electron chi connectivity index (χ2n) is 7.83. The molecule has 1 aromatic heterocycles. The third kappa shape index (κ3) is 4.30.